The molecule has 0 aliphatic heterocycles. The SMILES string of the molecule is CC(C)C1CCC(C(NN)c2sccc2Cl)CC1. The molecule has 1 aromatic heterocycles. The fourth-order valence-electron chi connectivity index (χ4n) is 3.10. The zero-order valence-electron chi connectivity index (χ0n) is 11.2. The molecule has 0 spiro atoms. The second-order valence-corrected chi connectivity index (χ2v) is 7.05. The van der Waals surface area contributed by atoms with Crippen LogP contribution in [0, 0.1) is 17.8 Å². The van der Waals surface area contributed by atoms with Gasteiger partial charge < -0.3 is 0 Å². The molecule has 1 saturated carbocycles. The number of hydrogen-bond donors (Lipinski definition) is 2. The van der Waals surface area contributed by atoms with Crippen molar-refractivity contribution in [2.75, 3.05) is 0 Å². The van der Waals surface area contributed by atoms with E-state index in [1.807, 2.05) is 11.4 Å². The van der Waals surface area contributed by atoms with E-state index in [4.69, 9.17) is 17.4 Å². The summed E-state index contributed by atoms with van der Waals surface area (Å²) in [5.41, 5.74) is 2.99. The molecule has 1 atom stereocenters. The van der Waals surface area contributed by atoms with E-state index in [9.17, 15) is 0 Å². The second-order valence-electron chi connectivity index (χ2n) is 5.70. The summed E-state index contributed by atoms with van der Waals surface area (Å²) in [4.78, 5) is 1.20. The highest BCUT2D eigenvalue weighted by Gasteiger charge is 2.30. The maximum Gasteiger partial charge on any atom is 0.0596 e. The van der Waals surface area contributed by atoms with Gasteiger partial charge in [-0.2, -0.15) is 0 Å². The van der Waals surface area contributed by atoms with Gasteiger partial charge in [0.25, 0.3) is 0 Å². The molecule has 2 nitrogen and oxygen atoms in total. The van der Waals surface area contributed by atoms with Crippen molar-refractivity contribution in [3.8, 4) is 0 Å². The van der Waals surface area contributed by atoms with Crippen molar-refractivity contribution in [3.63, 3.8) is 0 Å². The van der Waals surface area contributed by atoms with Crippen LogP contribution in [0.25, 0.3) is 0 Å². The van der Waals surface area contributed by atoms with Crippen LogP contribution in [0.5, 0.6) is 0 Å². The van der Waals surface area contributed by atoms with E-state index < -0.39 is 0 Å². The quantitative estimate of drug-likeness (QED) is 0.637. The van der Waals surface area contributed by atoms with Gasteiger partial charge >= 0.3 is 0 Å². The lowest BCUT2D eigenvalue weighted by Crippen LogP contribution is -2.35. The molecule has 1 unspecified atom stereocenters. The first-order chi connectivity index (χ1) is 8.63. The van der Waals surface area contributed by atoms with Gasteiger partial charge in [0.15, 0.2) is 0 Å². The molecular weight excluding hydrogens is 264 g/mol. The van der Waals surface area contributed by atoms with Crippen molar-refractivity contribution < 1.29 is 0 Å². The Morgan fingerprint density at radius 3 is 2.33 bits per heavy atom. The Morgan fingerprint density at radius 2 is 1.89 bits per heavy atom. The standard InChI is InChI=1S/C14H23ClN2S/c1-9(2)10-3-5-11(6-4-10)13(17-16)14-12(15)7-8-18-14/h7-11,13,17H,3-6,16H2,1-2H3. The molecule has 18 heavy (non-hydrogen) atoms. The summed E-state index contributed by atoms with van der Waals surface area (Å²) in [6, 6.07) is 2.19. The minimum absolute atomic E-state index is 0.227. The first kappa shape index (κ1) is 14.3. The minimum Gasteiger partial charge on any atom is -0.271 e. The third-order valence-electron chi connectivity index (χ3n) is 4.34. The van der Waals surface area contributed by atoms with Crippen molar-refractivity contribution in [2.24, 2.45) is 23.6 Å². The summed E-state index contributed by atoms with van der Waals surface area (Å²) in [7, 11) is 0. The second kappa shape index (κ2) is 6.38. The first-order valence-corrected chi connectivity index (χ1v) is 8.08. The Bertz CT molecular complexity index is 370. The predicted molar refractivity (Wildman–Crippen MR) is 79.7 cm³/mol. The van der Waals surface area contributed by atoms with Gasteiger partial charge in [0, 0.05) is 4.88 Å². The van der Waals surface area contributed by atoms with Gasteiger partial charge in [-0.05, 0) is 54.9 Å². The topological polar surface area (TPSA) is 38.0 Å². The molecule has 102 valence electrons. The van der Waals surface area contributed by atoms with Crippen LogP contribution >= 0.6 is 22.9 Å². The fraction of sp³-hybridized carbons (Fsp3) is 0.714. The lowest BCUT2D eigenvalue weighted by atomic mass is 9.74. The van der Waals surface area contributed by atoms with Crippen LogP contribution < -0.4 is 11.3 Å². The molecule has 1 aliphatic rings. The van der Waals surface area contributed by atoms with Crippen molar-refractivity contribution in [1.82, 2.24) is 5.43 Å². The number of hydrogen-bond acceptors (Lipinski definition) is 3. The molecule has 1 fully saturated rings. The van der Waals surface area contributed by atoms with Crippen LogP contribution in [0.3, 0.4) is 0 Å². The largest absolute Gasteiger partial charge is 0.271 e. The third-order valence-corrected chi connectivity index (χ3v) is 5.78. The third kappa shape index (κ3) is 3.08. The average molecular weight is 287 g/mol. The van der Waals surface area contributed by atoms with Crippen LogP contribution in [0.4, 0.5) is 0 Å². The highest BCUT2D eigenvalue weighted by Crippen LogP contribution is 2.42. The maximum atomic E-state index is 6.23. The van der Waals surface area contributed by atoms with Crippen LogP contribution in [0.1, 0.15) is 50.4 Å². The Kier molecular flexibility index (Phi) is 5.07. The average Bonchev–Trinajstić information content (AvgIpc) is 2.78. The summed E-state index contributed by atoms with van der Waals surface area (Å²) in [6.45, 7) is 4.67. The molecule has 0 saturated heterocycles. The summed E-state index contributed by atoms with van der Waals surface area (Å²) in [5.74, 6) is 8.08. The molecule has 1 heterocycles. The lowest BCUT2D eigenvalue weighted by Gasteiger charge is -2.35. The van der Waals surface area contributed by atoms with Crippen LogP contribution in [-0.2, 0) is 0 Å². The van der Waals surface area contributed by atoms with E-state index in [0.29, 0.717) is 5.92 Å². The smallest absolute Gasteiger partial charge is 0.0596 e. The molecule has 0 radical (unpaired) electrons. The molecule has 1 aliphatic carbocycles. The molecule has 0 bridgehead atoms. The molecule has 0 aromatic carbocycles. The van der Waals surface area contributed by atoms with E-state index in [1.165, 1.54) is 30.6 Å². The molecule has 0 amide bonds. The lowest BCUT2D eigenvalue weighted by molar-refractivity contribution is 0.190. The molecule has 1 aromatic rings. The zero-order valence-corrected chi connectivity index (χ0v) is 12.7. The Labute approximate surface area is 119 Å². The van der Waals surface area contributed by atoms with Crippen molar-refractivity contribution >= 4 is 22.9 Å². The summed E-state index contributed by atoms with van der Waals surface area (Å²) in [6.07, 6.45) is 5.16. The first-order valence-electron chi connectivity index (χ1n) is 6.82. The minimum atomic E-state index is 0.227. The van der Waals surface area contributed by atoms with Crippen molar-refractivity contribution in [1.29, 1.82) is 0 Å². The number of thiophene rings is 1. The maximum absolute atomic E-state index is 6.23. The van der Waals surface area contributed by atoms with Gasteiger partial charge in [0.1, 0.15) is 0 Å². The summed E-state index contributed by atoms with van der Waals surface area (Å²) in [5, 5.41) is 2.90. The fourth-order valence-corrected chi connectivity index (χ4v) is 4.43. The van der Waals surface area contributed by atoms with Crippen molar-refractivity contribution in [3.05, 3.63) is 21.3 Å². The Morgan fingerprint density at radius 1 is 1.28 bits per heavy atom. The highest BCUT2D eigenvalue weighted by molar-refractivity contribution is 7.10. The van der Waals surface area contributed by atoms with E-state index in [-0.39, 0.29) is 6.04 Å². The number of nitrogens with two attached hydrogens (primary N) is 1. The summed E-state index contributed by atoms with van der Waals surface area (Å²) >= 11 is 7.94. The van der Waals surface area contributed by atoms with E-state index in [1.54, 1.807) is 11.3 Å². The number of hydrazine groups is 1. The normalized spacial score (nSPS) is 26.5. The molecule has 3 N–H and O–H groups in total. The van der Waals surface area contributed by atoms with Gasteiger partial charge in [-0.3, -0.25) is 11.3 Å². The molecule has 4 heteroatoms. The molecular formula is C14H23ClN2S. The molecule has 2 rings (SSSR count). The monoisotopic (exact) mass is 286 g/mol. The van der Waals surface area contributed by atoms with E-state index in [2.05, 4.69) is 19.3 Å². The highest BCUT2D eigenvalue weighted by atomic mass is 35.5. The van der Waals surface area contributed by atoms with Gasteiger partial charge in [-0.25, -0.2) is 0 Å². The van der Waals surface area contributed by atoms with Crippen molar-refractivity contribution in [2.45, 2.75) is 45.6 Å². The van der Waals surface area contributed by atoms with E-state index in [0.717, 1.165) is 16.9 Å². The Balaban J connectivity index is 2.01. The van der Waals surface area contributed by atoms with E-state index >= 15 is 0 Å². The van der Waals surface area contributed by atoms with Crippen LogP contribution in [0.2, 0.25) is 5.02 Å². The number of rotatable bonds is 4. The number of halogens is 1. The zero-order chi connectivity index (χ0) is 13.1. The van der Waals surface area contributed by atoms with Gasteiger partial charge in [-0.15, -0.1) is 11.3 Å². The Hall–Kier alpha value is -0.0900. The van der Waals surface area contributed by atoms with Gasteiger partial charge in [-0.1, -0.05) is 25.4 Å². The van der Waals surface area contributed by atoms with Crippen LogP contribution in [0.15, 0.2) is 11.4 Å². The predicted octanol–water partition coefficient (Wildman–Crippen LogP) is 4.37. The van der Waals surface area contributed by atoms with Gasteiger partial charge in [0.2, 0.25) is 0 Å². The van der Waals surface area contributed by atoms with Gasteiger partial charge in [0.05, 0.1) is 11.1 Å². The van der Waals surface area contributed by atoms with Crippen LogP contribution in [-0.4, -0.2) is 0 Å². The number of nitrogens with one attached hydrogen (secondary N) is 1. The summed E-state index contributed by atoms with van der Waals surface area (Å²) < 4.78 is 0.